The number of anilines is 1. The summed E-state index contributed by atoms with van der Waals surface area (Å²) < 4.78 is 10.8. The summed E-state index contributed by atoms with van der Waals surface area (Å²) in [5, 5.41) is 0. The van der Waals surface area contributed by atoms with E-state index in [2.05, 4.69) is 0 Å². The molecule has 0 saturated heterocycles. The quantitative estimate of drug-likeness (QED) is 0.749. The second-order valence-electron chi connectivity index (χ2n) is 6.80. The van der Waals surface area contributed by atoms with Crippen LogP contribution >= 0.6 is 0 Å². The molecular weight excluding hydrogens is 306 g/mol. The predicted octanol–water partition coefficient (Wildman–Crippen LogP) is 2.88. The molecule has 5 rings (SSSR count). The number of rotatable bonds is 0. The van der Waals surface area contributed by atoms with Gasteiger partial charge in [-0.25, -0.2) is 0 Å². The Labute approximate surface area is 138 Å². The van der Waals surface area contributed by atoms with E-state index in [0.29, 0.717) is 34.7 Å². The third-order valence-electron chi connectivity index (χ3n) is 5.19. The molecular formula is C19H15NO4. The van der Waals surface area contributed by atoms with Gasteiger partial charge in [-0.05, 0) is 43.7 Å². The number of aryl methyl sites for hydroxylation is 1. The van der Waals surface area contributed by atoms with Gasteiger partial charge in [-0.2, -0.15) is 0 Å². The van der Waals surface area contributed by atoms with Crippen molar-refractivity contribution in [3.8, 4) is 11.5 Å². The van der Waals surface area contributed by atoms with E-state index in [1.165, 1.54) is 0 Å². The number of ketones is 1. The average Bonchev–Trinajstić information content (AvgIpc) is 3.08. The first-order chi connectivity index (χ1) is 11.5. The first kappa shape index (κ1) is 13.6. The van der Waals surface area contributed by atoms with Crippen molar-refractivity contribution in [2.75, 3.05) is 11.7 Å². The summed E-state index contributed by atoms with van der Waals surface area (Å²) in [4.78, 5) is 27.9. The number of amides is 1. The minimum Gasteiger partial charge on any atom is -0.454 e. The Hall–Kier alpha value is -2.82. The lowest BCUT2D eigenvalue weighted by molar-refractivity contribution is 0.0842. The Balaban J connectivity index is 1.73. The van der Waals surface area contributed by atoms with Crippen LogP contribution < -0.4 is 14.4 Å². The van der Waals surface area contributed by atoms with Crippen LogP contribution in [0, 0.1) is 6.92 Å². The fourth-order valence-corrected chi connectivity index (χ4v) is 4.00. The zero-order valence-electron chi connectivity index (χ0n) is 13.4. The fraction of sp³-hybridized carbons (Fsp3) is 0.263. The molecule has 3 aliphatic heterocycles. The highest BCUT2D eigenvalue weighted by molar-refractivity contribution is 6.25. The molecule has 3 heterocycles. The van der Waals surface area contributed by atoms with Crippen molar-refractivity contribution in [2.24, 2.45) is 0 Å². The summed E-state index contributed by atoms with van der Waals surface area (Å²) in [6.45, 7) is 3.95. The normalized spacial score (nSPS) is 23.2. The third kappa shape index (κ3) is 1.49. The Morgan fingerprint density at radius 1 is 1.04 bits per heavy atom. The molecule has 5 heteroatoms. The van der Waals surface area contributed by atoms with Gasteiger partial charge in [0.2, 0.25) is 6.79 Å². The van der Waals surface area contributed by atoms with Crippen LogP contribution in [0.25, 0.3) is 0 Å². The van der Waals surface area contributed by atoms with Gasteiger partial charge in [0.15, 0.2) is 17.3 Å². The number of carbonyl (C=O) groups excluding carboxylic acids is 2. The fourth-order valence-electron chi connectivity index (χ4n) is 4.00. The van der Waals surface area contributed by atoms with Gasteiger partial charge in [-0.15, -0.1) is 0 Å². The SMILES string of the molecule is Cc1ccc2c(c1)C(=O)C1(C)Cc3cc4c(cc3C(=O)N21)OCO4. The molecule has 5 nitrogen and oxygen atoms in total. The van der Waals surface area contributed by atoms with Crippen molar-refractivity contribution >= 4 is 17.4 Å². The van der Waals surface area contributed by atoms with Gasteiger partial charge in [-0.3, -0.25) is 14.5 Å². The highest BCUT2D eigenvalue weighted by atomic mass is 16.7. The molecule has 0 aliphatic carbocycles. The Kier molecular flexibility index (Phi) is 2.37. The molecule has 0 radical (unpaired) electrons. The van der Waals surface area contributed by atoms with Crippen LogP contribution in [0.2, 0.25) is 0 Å². The maximum atomic E-state index is 13.2. The molecule has 0 spiro atoms. The Bertz CT molecular complexity index is 949. The molecule has 0 N–H and O–H groups in total. The summed E-state index contributed by atoms with van der Waals surface area (Å²) >= 11 is 0. The van der Waals surface area contributed by atoms with Crippen molar-refractivity contribution in [2.45, 2.75) is 25.8 Å². The first-order valence-electron chi connectivity index (χ1n) is 7.91. The molecule has 1 unspecified atom stereocenters. The van der Waals surface area contributed by atoms with Crippen LogP contribution in [0.1, 0.15) is 38.8 Å². The standard InChI is InChI=1S/C19H15NO4/c1-10-3-4-14-13(5-10)17(21)19(2)8-11-6-15-16(24-9-23-15)7-12(11)18(22)20(14)19/h3-7H,8-9H2,1-2H3. The zero-order valence-corrected chi connectivity index (χ0v) is 13.4. The van der Waals surface area contributed by atoms with Gasteiger partial charge >= 0.3 is 0 Å². The van der Waals surface area contributed by atoms with E-state index < -0.39 is 5.54 Å². The van der Waals surface area contributed by atoms with Crippen LogP contribution in [0.3, 0.4) is 0 Å². The van der Waals surface area contributed by atoms with E-state index in [1.54, 1.807) is 11.0 Å². The number of Topliss-reactive ketones (excluding diaryl/α,β-unsaturated/α-hetero) is 1. The monoisotopic (exact) mass is 321 g/mol. The van der Waals surface area contributed by atoms with Gasteiger partial charge in [0.25, 0.3) is 5.91 Å². The lowest BCUT2D eigenvalue weighted by Gasteiger charge is -2.39. The highest BCUT2D eigenvalue weighted by Crippen LogP contribution is 2.47. The number of hydrogen-bond acceptors (Lipinski definition) is 4. The van der Waals surface area contributed by atoms with Crippen molar-refractivity contribution in [3.63, 3.8) is 0 Å². The predicted molar refractivity (Wildman–Crippen MR) is 87.0 cm³/mol. The zero-order chi connectivity index (χ0) is 16.6. The average molecular weight is 321 g/mol. The molecule has 0 bridgehead atoms. The second kappa shape index (κ2) is 4.17. The summed E-state index contributed by atoms with van der Waals surface area (Å²) in [6.07, 6.45) is 0.470. The topological polar surface area (TPSA) is 55.8 Å². The summed E-state index contributed by atoms with van der Waals surface area (Å²) in [5.74, 6) is 1.06. The number of fused-ring (bicyclic) bond motifs is 5. The lowest BCUT2D eigenvalue weighted by Crippen LogP contribution is -2.55. The van der Waals surface area contributed by atoms with Crippen LogP contribution in [0.4, 0.5) is 5.69 Å². The van der Waals surface area contributed by atoms with E-state index in [9.17, 15) is 9.59 Å². The summed E-state index contributed by atoms with van der Waals surface area (Å²) in [7, 11) is 0. The molecule has 2 aromatic rings. The molecule has 0 fully saturated rings. The number of ether oxygens (including phenoxy) is 2. The lowest BCUT2D eigenvalue weighted by atomic mass is 9.82. The molecule has 24 heavy (non-hydrogen) atoms. The van der Waals surface area contributed by atoms with Crippen LogP contribution in [-0.4, -0.2) is 24.0 Å². The van der Waals surface area contributed by atoms with Crippen LogP contribution in [0.5, 0.6) is 11.5 Å². The van der Waals surface area contributed by atoms with Gasteiger partial charge in [0, 0.05) is 17.5 Å². The largest absolute Gasteiger partial charge is 0.454 e. The van der Waals surface area contributed by atoms with Crippen LogP contribution in [-0.2, 0) is 6.42 Å². The summed E-state index contributed by atoms with van der Waals surface area (Å²) in [5.41, 5.74) is 2.86. The number of carbonyl (C=O) groups is 2. The molecule has 0 saturated carbocycles. The smallest absolute Gasteiger partial charge is 0.259 e. The van der Waals surface area contributed by atoms with E-state index >= 15 is 0 Å². The number of benzene rings is 2. The maximum Gasteiger partial charge on any atom is 0.259 e. The van der Waals surface area contributed by atoms with Crippen molar-refractivity contribution < 1.29 is 19.1 Å². The van der Waals surface area contributed by atoms with E-state index in [0.717, 1.165) is 11.1 Å². The molecule has 0 aromatic heterocycles. The van der Waals surface area contributed by atoms with Crippen molar-refractivity contribution in [1.29, 1.82) is 0 Å². The minimum absolute atomic E-state index is 0.00198. The van der Waals surface area contributed by atoms with Gasteiger partial charge in [0.1, 0.15) is 5.54 Å². The minimum atomic E-state index is -0.881. The number of hydrogen-bond donors (Lipinski definition) is 0. The van der Waals surface area contributed by atoms with Crippen molar-refractivity contribution in [3.05, 3.63) is 52.6 Å². The Morgan fingerprint density at radius 2 is 1.79 bits per heavy atom. The van der Waals surface area contributed by atoms with Gasteiger partial charge < -0.3 is 9.47 Å². The molecule has 120 valence electrons. The molecule has 2 aromatic carbocycles. The molecule has 1 atom stereocenters. The first-order valence-corrected chi connectivity index (χ1v) is 7.91. The van der Waals surface area contributed by atoms with Gasteiger partial charge in [0.05, 0.1) is 5.69 Å². The van der Waals surface area contributed by atoms with E-state index in [1.807, 2.05) is 38.1 Å². The second-order valence-corrected chi connectivity index (χ2v) is 6.80. The molecule has 1 amide bonds. The molecule has 3 aliphatic rings. The maximum absolute atomic E-state index is 13.2. The van der Waals surface area contributed by atoms with Crippen LogP contribution in [0.15, 0.2) is 30.3 Å². The van der Waals surface area contributed by atoms with Crippen molar-refractivity contribution in [1.82, 2.24) is 0 Å². The highest BCUT2D eigenvalue weighted by Gasteiger charge is 2.54. The van der Waals surface area contributed by atoms with E-state index in [-0.39, 0.29) is 18.5 Å². The number of nitrogens with zero attached hydrogens (tertiary/aromatic N) is 1. The Morgan fingerprint density at radius 3 is 2.58 bits per heavy atom. The van der Waals surface area contributed by atoms with Gasteiger partial charge in [-0.1, -0.05) is 11.6 Å². The third-order valence-corrected chi connectivity index (χ3v) is 5.19. The summed E-state index contributed by atoms with van der Waals surface area (Å²) in [6, 6.07) is 9.23. The van der Waals surface area contributed by atoms with E-state index in [4.69, 9.17) is 9.47 Å².